The quantitative estimate of drug-likeness (QED) is 0.887. The molecule has 0 spiro atoms. The summed E-state index contributed by atoms with van der Waals surface area (Å²) in [7, 11) is 0. The Kier molecular flexibility index (Phi) is 5.14. The average molecular weight is 352 g/mol. The minimum absolute atomic E-state index is 0.252. The summed E-state index contributed by atoms with van der Waals surface area (Å²) >= 11 is 0. The molecule has 1 unspecified atom stereocenters. The third-order valence-corrected chi connectivity index (χ3v) is 5.57. The van der Waals surface area contributed by atoms with E-state index < -0.39 is 0 Å². The van der Waals surface area contributed by atoms with E-state index in [1.54, 1.807) is 0 Å². The minimum atomic E-state index is 0.252. The van der Waals surface area contributed by atoms with Crippen molar-refractivity contribution in [3.05, 3.63) is 47.5 Å². The van der Waals surface area contributed by atoms with Crippen molar-refractivity contribution < 1.29 is 9.84 Å². The predicted octanol–water partition coefficient (Wildman–Crippen LogP) is 3.56. The number of nitrogens with one attached hydrogen (secondary N) is 1. The third-order valence-electron chi connectivity index (χ3n) is 5.57. The van der Waals surface area contributed by atoms with Gasteiger partial charge in [0, 0.05) is 25.2 Å². The number of hydrogen-bond acceptors (Lipinski definition) is 4. The van der Waals surface area contributed by atoms with Crippen molar-refractivity contribution in [3.8, 4) is 22.6 Å². The van der Waals surface area contributed by atoms with Crippen LogP contribution in [0.3, 0.4) is 0 Å². The van der Waals surface area contributed by atoms with Crippen LogP contribution in [-0.4, -0.2) is 42.8 Å². The van der Waals surface area contributed by atoms with Crippen LogP contribution in [0.1, 0.15) is 24.0 Å². The van der Waals surface area contributed by atoms with Gasteiger partial charge in [0.1, 0.15) is 6.61 Å². The van der Waals surface area contributed by atoms with Gasteiger partial charge in [-0.05, 0) is 67.6 Å². The van der Waals surface area contributed by atoms with Crippen LogP contribution in [0.2, 0.25) is 0 Å². The van der Waals surface area contributed by atoms with Crippen LogP contribution in [0.4, 0.5) is 0 Å². The first-order valence-electron chi connectivity index (χ1n) is 9.68. The molecule has 1 atom stereocenters. The Hall–Kier alpha value is -2.04. The number of aryl methyl sites for hydroxylation is 1. The molecular formula is C22H28N2O2. The molecule has 1 fully saturated rings. The number of phenolic OH excluding ortho intramolecular Hbond substituents is 1. The van der Waals surface area contributed by atoms with Crippen LogP contribution in [0, 0.1) is 12.8 Å². The Morgan fingerprint density at radius 1 is 1.27 bits per heavy atom. The van der Waals surface area contributed by atoms with E-state index in [1.807, 2.05) is 18.2 Å². The van der Waals surface area contributed by atoms with Crippen LogP contribution in [0.25, 0.3) is 11.1 Å². The molecule has 2 heterocycles. The number of phenols is 1. The summed E-state index contributed by atoms with van der Waals surface area (Å²) < 4.78 is 5.91. The first-order chi connectivity index (χ1) is 12.7. The highest BCUT2D eigenvalue weighted by Crippen LogP contribution is 2.38. The smallest absolute Gasteiger partial charge is 0.165 e. The maximum absolute atomic E-state index is 10.6. The summed E-state index contributed by atoms with van der Waals surface area (Å²) in [5.74, 6) is 1.62. The first-order valence-corrected chi connectivity index (χ1v) is 9.68. The summed E-state index contributed by atoms with van der Waals surface area (Å²) in [6, 6.07) is 12.3. The Morgan fingerprint density at radius 3 is 2.96 bits per heavy atom. The van der Waals surface area contributed by atoms with E-state index in [2.05, 4.69) is 35.3 Å². The molecule has 2 aliphatic heterocycles. The number of piperidine rings is 1. The second kappa shape index (κ2) is 7.68. The zero-order valence-corrected chi connectivity index (χ0v) is 15.5. The van der Waals surface area contributed by atoms with Crippen molar-refractivity contribution in [1.82, 2.24) is 10.2 Å². The van der Waals surface area contributed by atoms with Gasteiger partial charge < -0.3 is 15.2 Å². The van der Waals surface area contributed by atoms with Gasteiger partial charge in [0.05, 0.1) is 0 Å². The highest BCUT2D eigenvalue weighted by Gasteiger charge is 2.23. The fraction of sp³-hybridized carbons (Fsp3) is 0.455. The van der Waals surface area contributed by atoms with E-state index in [9.17, 15) is 5.11 Å². The Morgan fingerprint density at radius 2 is 2.15 bits per heavy atom. The van der Waals surface area contributed by atoms with E-state index in [-0.39, 0.29) is 5.75 Å². The van der Waals surface area contributed by atoms with Crippen LogP contribution in [0.15, 0.2) is 36.4 Å². The number of benzene rings is 2. The molecule has 0 radical (unpaired) electrons. The Balaban J connectivity index is 1.60. The normalized spacial score (nSPS) is 20.9. The molecule has 2 aromatic carbocycles. The number of nitrogens with zero attached hydrogens (tertiary/aromatic N) is 1. The van der Waals surface area contributed by atoms with E-state index in [0.717, 1.165) is 49.4 Å². The lowest BCUT2D eigenvalue weighted by molar-refractivity contribution is 0.182. The van der Waals surface area contributed by atoms with Crippen molar-refractivity contribution in [2.45, 2.75) is 26.3 Å². The van der Waals surface area contributed by atoms with Gasteiger partial charge in [-0.15, -0.1) is 0 Å². The molecule has 0 aromatic heterocycles. The van der Waals surface area contributed by atoms with Gasteiger partial charge in [0.2, 0.25) is 0 Å². The molecule has 26 heavy (non-hydrogen) atoms. The fourth-order valence-corrected chi connectivity index (χ4v) is 4.21. The predicted molar refractivity (Wildman–Crippen MR) is 105 cm³/mol. The SMILES string of the molecule is Cc1ccccc1-c1cc(O)c2c(c1)CN(CC1CCCNC1)CCO2. The van der Waals surface area contributed by atoms with Gasteiger partial charge in [-0.25, -0.2) is 0 Å². The largest absolute Gasteiger partial charge is 0.504 e. The first kappa shape index (κ1) is 17.4. The molecule has 0 aliphatic carbocycles. The van der Waals surface area contributed by atoms with Crippen molar-refractivity contribution >= 4 is 0 Å². The third kappa shape index (κ3) is 3.71. The zero-order valence-electron chi connectivity index (χ0n) is 15.5. The highest BCUT2D eigenvalue weighted by molar-refractivity contribution is 5.71. The van der Waals surface area contributed by atoms with Gasteiger partial charge in [0.15, 0.2) is 11.5 Å². The molecule has 4 heteroatoms. The van der Waals surface area contributed by atoms with E-state index in [4.69, 9.17) is 4.74 Å². The molecule has 0 saturated carbocycles. The molecule has 138 valence electrons. The van der Waals surface area contributed by atoms with E-state index in [0.29, 0.717) is 18.3 Å². The molecule has 2 aromatic rings. The van der Waals surface area contributed by atoms with Crippen molar-refractivity contribution in [3.63, 3.8) is 0 Å². The van der Waals surface area contributed by atoms with Crippen LogP contribution < -0.4 is 10.1 Å². The minimum Gasteiger partial charge on any atom is -0.504 e. The van der Waals surface area contributed by atoms with Crippen LogP contribution in [0.5, 0.6) is 11.5 Å². The molecule has 0 amide bonds. The number of fused-ring (bicyclic) bond motifs is 1. The molecule has 4 nitrogen and oxygen atoms in total. The molecular weight excluding hydrogens is 324 g/mol. The Labute approximate surface area is 155 Å². The summed E-state index contributed by atoms with van der Waals surface area (Å²) in [4.78, 5) is 2.48. The van der Waals surface area contributed by atoms with Gasteiger partial charge in [-0.3, -0.25) is 4.90 Å². The summed E-state index contributed by atoms with van der Waals surface area (Å²) in [6.07, 6.45) is 2.57. The van der Waals surface area contributed by atoms with Gasteiger partial charge in [-0.1, -0.05) is 24.3 Å². The lowest BCUT2D eigenvalue weighted by Gasteiger charge is -2.29. The zero-order chi connectivity index (χ0) is 17.9. The van der Waals surface area contributed by atoms with Gasteiger partial charge in [0.25, 0.3) is 0 Å². The van der Waals surface area contributed by atoms with Crippen LogP contribution >= 0.6 is 0 Å². The van der Waals surface area contributed by atoms with Crippen molar-refractivity contribution in [1.29, 1.82) is 0 Å². The fourth-order valence-electron chi connectivity index (χ4n) is 4.21. The lowest BCUT2D eigenvalue weighted by atomic mass is 9.97. The van der Waals surface area contributed by atoms with Crippen molar-refractivity contribution in [2.24, 2.45) is 5.92 Å². The van der Waals surface area contributed by atoms with E-state index in [1.165, 1.54) is 18.4 Å². The maximum Gasteiger partial charge on any atom is 0.165 e. The second-order valence-electron chi connectivity index (χ2n) is 7.59. The van der Waals surface area contributed by atoms with E-state index >= 15 is 0 Å². The number of ether oxygens (including phenoxy) is 1. The Bertz CT molecular complexity index is 769. The maximum atomic E-state index is 10.6. The van der Waals surface area contributed by atoms with Gasteiger partial charge >= 0.3 is 0 Å². The standard InChI is InChI=1S/C22H28N2O2/c1-16-5-2-3-7-20(16)18-11-19-15-24(14-17-6-4-8-23-13-17)9-10-26-22(19)21(25)12-18/h2-3,5,7,11-12,17,23,25H,4,6,8-10,13-15H2,1H3. The number of aromatic hydroxyl groups is 1. The summed E-state index contributed by atoms with van der Waals surface area (Å²) in [6.45, 7) is 7.82. The average Bonchev–Trinajstić information content (AvgIpc) is 2.85. The lowest BCUT2D eigenvalue weighted by Crippen LogP contribution is -2.38. The highest BCUT2D eigenvalue weighted by atomic mass is 16.5. The topological polar surface area (TPSA) is 44.7 Å². The molecule has 1 saturated heterocycles. The van der Waals surface area contributed by atoms with Crippen molar-refractivity contribution in [2.75, 3.05) is 32.8 Å². The summed E-state index contributed by atoms with van der Waals surface area (Å²) in [5, 5.41) is 14.1. The van der Waals surface area contributed by atoms with Gasteiger partial charge in [-0.2, -0.15) is 0 Å². The number of hydrogen-bond donors (Lipinski definition) is 2. The number of rotatable bonds is 3. The molecule has 4 rings (SSSR count). The molecule has 2 aliphatic rings. The summed E-state index contributed by atoms with van der Waals surface area (Å²) in [5.41, 5.74) is 4.53. The second-order valence-corrected chi connectivity index (χ2v) is 7.59. The molecule has 2 N–H and O–H groups in total. The molecule has 0 bridgehead atoms. The monoisotopic (exact) mass is 352 g/mol. The van der Waals surface area contributed by atoms with Crippen LogP contribution in [-0.2, 0) is 6.54 Å².